The molecule has 0 N–H and O–H groups in total. The van der Waals surface area contributed by atoms with Crippen LogP contribution in [0.4, 0.5) is 5.69 Å². The van der Waals surface area contributed by atoms with Gasteiger partial charge in [0.15, 0.2) is 0 Å². The Morgan fingerprint density at radius 2 is 2.30 bits per heavy atom. The van der Waals surface area contributed by atoms with E-state index in [2.05, 4.69) is 55.1 Å². The number of piperidine rings is 1. The lowest BCUT2D eigenvalue weighted by Crippen LogP contribution is -2.45. The molecule has 0 radical (unpaired) electrons. The Kier molecular flexibility index (Phi) is 5.33. The maximum atomic E-state index is 9.52. The largest absolute Gasteiger partial charge is 0.369 e. The first-order chi connectivity index (χ1) is 9.67. The molecule has 1 fully saturated rings. The number of anilines is 1. The summed E-state index contributed by atoms with van der Waals surface area (Å²) in [6, 6.07) is 9.10. The van der Waals surface area contributed by atoms with Gasteiger partial charge < -0.3 is 9.80 Å². The number of rotatable bonds is 4. The molecule has 2 rings (SSSR count). The molecule has 1 atom stereocenters. The predicted molar refractivity (Wildman–Crippen MR) is 86.5 cm³/mol. The molecule has 108 valence electrons. The van der Waals surface area contributed by atoms with Crippen molar-refractivity contribution in [1.29, 1.82) is 5.26 Å². The molecule has 1 aliphatic rings. The van der Waals surface area contributed by atoms with Crippen LogP contribution in [0.15, 0.2) is 23.1 Å². The fourth-order valence-electron chi connectivity index (χ4n) is 2.85. The van der Waals surface area contributed by atoms with Crippen molar-refractivity contribution in [2.45, 2.75) is 30.7 Å². The third kappa shape index (κ3) is 3.28. The van der Waals surface area contributed by atoms with E-state index in [1.54, 1.807) is 11.8 Å². The number of likely N-dealkylation sites (tertiary alicyclic amines) is 1. The molecule has 20 heavy (non-hydrogen) atoms. The summed E-state index contributed by atoms with van der Waals surface area (Å²) in [5.74, 6) is 0.994. The number of hydrogen-bond donors (Lipinski definition) is 0. The van der Waals surface area contributed by atoms with Crippen LogP contribution in [-0.2, 0) is 0 Å². The van der Waals surface area contributed by atoms with Crippen LogP contribution < -0.4 is 4.90 Å². The van der Waals surface area contributed by atoms with Gasteiger partial charge in [-0.15, -0.1) is 11.8 Å². The SMILES string of the molecule is CCSc1cccc(N(C)C2CCCN(C)C2)c1C#N. The van der Waals surface area contributed by atoms with E-state index in [9.17, 15) is 5.26 Å². The maximum absolute atomic E-state index is 9.52. The minimum absolute atomic E-state index is 0.503. The lowest BCUT2D eigenvalue weighted by Gasteiger charge is -2.37. The second-order valence-electron chi connectivity index (χ2n) is 5.36. The Morgan fingerprint density at radius 1 is 1.50 bits per heavy atom. The highest BCUT2D eigenvalue weighted by Gasteiger charge is 2.23. The third-order valence-electron chi connectivity index (χ3n) is 3.94. The highest BCUT2D eigenvalue weighted by molar-refractivity contribution is 7.99. The molecular formula is C16H23N3S. The van der Waals surface area contributed by atoms with Gasteiger partial charge in [0, 0.05) is 24.5 Å². The van der Waals surface area contributed by atoms with Crippen molar-refractivity contribution in [3.05, 3.63) is 23.8 Å². The zero-order valence-electron chi connectivity index (χ0n) is 12.6. The Hall–Kier alpha value is -1.18. The Labute approximate surface area is 126 Å². The van der Waals surface area contributed by atoms with Crippen LogP contribution in [0.3, 0.4) is 0 Å². The minimum Gasteiger partial charge on any atom is -0.369 e. The average molecular weight is 289 g/mol. The van der Waals surface area contributed by atoms with Gasteiger partial charge in [0.2, 0.25) is 0 Å². The first-order valence-corrected chi connectivity index (χ1v) is 8.23. The van der Waals surface area contributed by atoms with Crippen LogP contribution in [0.25, 0.3) is 0 Å². The number of hydrogen-bond acceptors (Lipinski definition) is 4. The van der Waals surface area contributed by atoms with Gasteiger partial charge in [-0.3, -0.25) is 0 Å². The van der Waals surface area contributed by atoms with E-state index in [1.165, 1.54) is 19.4 Å². The summed E-state index contributed by atoms with van der Waals surface area (Å²) in [6.07, 6.45) is 2.44. The Bertz CT molecular complexity index is 495. The summed E-state index contributed by atoms with van der Waals surface area (Å²) < 4.78 is 0. The van der Waals surface area contributed by atoms with Crippen molar-refractivity contribution in [2.75, 3.05) is 37.8 Å². The summed E-state index contributed by atoms with van der Waals surface area (Å²) in [7, 11) is 4.30. The van der Waals surface area contributed by atoms with E-state index in [-0.39, 0.29) is 0 Å². The summed E-state index contributed by atoms with van der Waals surface area (Å²) in [6.45, 7) is 4.38. The molecule has 1 aromatic carbocycles. The number of nitrogens with zero attached hydrogens (tertiary/aromatic N) is 3. The third-order valence-corrected chi connectivity index (χ3v) is 4.88. The number of thioether (sulfide) groups is 1. The Morgan fingerprint density at radius 3 is 2.95 bits per heavy atom. The van der Waals surface area contributed by atoms with Gasteiger partial charge >= 0.3 is 0 Å². The topological polar surface area (TPSA) is 30.3 Å². The predicted octanol–water partition coefficient (Wildman–Crippen LogP) is 3.20. The van der Waals surface area contributed by atoms with Gasteiger partial charge in [-0.25, -0.2) is 0 Å². The number of nitriles is 1. The molecule has 0 bridgehead atoms. The second-order valence-corrected chi connectivity index (χ2v) is 6.67. The standard InChI is InChI=1S/C16H23N3S/c1-4-20-16-9-5-8-15(14(16)11-17)19(3)13-7-6-10-18(2)12-13/h5,8-9,13H,4,6-7,10,12H2,1-3H3. The van der Waals surface area contributed by atoms with E-state index in [4.69, 9.17) is 0 Å². The number of likely N-dealkylation sites (N-methyl/N-ethyl adjacent to an activating group) is 2. The molecule has 1 aromatic rings. The van der Waals surface area contributed by atoms with Crippen LogP contribution in [0, 0.1) is 11.3 Å². The van der Waals surface area contributed by atoms with Crippen molar-refractivity contribution < 1.29 is 0 Å². The summed E-state index contributed by atoms with van der Waals surface area (Å²) >= 11 is 1.75. The smallest absolute Gasteiger partial charge is 0.103 e. The molecule has 4 heteroatoms. The van der Waals surface area contributed by atoms with Crippen molar-refractivity contribution in [2.24, 2.45) is 0 Å². The van der Waals surface area contributed by atoms with Crippen LogP contribution >= 0.6 is 11.8 Å². The maximum Gasteiger partial charge on any atom is 0.103 e. The average Bonchev–Trinajstić information content (AvgIpc) is 2.46. The molecule has 0 aliphatic carbocycles. The molecule has 0 spiro atoms. The van der Waals surface area contributed by atoms with Crippen molar-refractivity contribution in [3.8, 4) is 6.07 Å². The van der Waals surface area contributed by atoms with Crippen molar-refractivity contribution in [1.82, 2.24) is 4.90 Å². The van der Waals surface area contributed by atoms with Crippen LogP contribution in [0.5, 0.6) is 0 Å². The summed E-state index contributed by atoms with van der Waals surface area (Å²) in [4.78, 5) is 5.78. The van der Waals surface area contributed by atoms with Gasteiger partial charge in [0.25, 0.3) is 0 Å². The van der Waals surface area contributed by atoms with E-state index in [0.29, 0.717) is 6.04 Å². The van der Waals surface area contributed by atoms with Crippen LogP contribution in [-0.4, -0.2) is 43.9 Å². The van der Waals surface area contributed by atoms with Crippen molar-refractivity contribution in [3.63, 3.8) is 0 Å². The minimum atomic E-state index is 0.503. The van der Waals surface area contributed by atoms with Gasteiger partial charge in [-0.05, 0) is 44.3 Å². The molecule has 1 aliphatic heterocycles. The molecule has 0 aromatic heterocycles. The summed E-state index contributed by atoms with van der Waals surface area (Å²) in [5.41, 5.74) is 1.90. The fourth-order valence-corrected chi connectivity index (χ4v) is 3.63. The van der Waals surface area contributed by atoms with Gasteiger partial charge in [0.1, 0.15) is 6.07 Å². The fraction of sp³-hybridized carbons (Fsp3) is 0.562. The van der Waals surface area contributed by atoms with E-state index in [1.807, 2.05) is 0 Å². The van der Waals surface area contributed by atoms with Crippen LogP contribution in [0.2, 0.25) is 0 Å². The molecule has 1 unspecified atom stereocenters. The first kappa shape index (κ1) is 15.2. The molecule has 1 saturated heterocycles. The Balaban J connectivity index is 2.27. The highest BCUT2D eigenvalue weighted by Crippen LogP contribution is 2.31. The normalized spacial score (nSPS) is 19.6. The molecule has 1 heterocycles. The summed E-state index contributed by atoms with van der Waals surface area (Å²) in [5, 5.41) is 9.52. The first-order valence-electron chi connectivity index (χ1n) is 7.24. The van der Waals surface area contributed by atoms with E-state index < -0.39 is 0 Å². The molecular weight excluding hydrogens is 266 g/mol. The molecule has 3 nitrogen and oxygen atoms in total. The van der Waals surface area contributed by atoms with Gasteiger partial charge in [-0.2, -0.15) is 5.26 Å². The van der Waals surface area contributed by atoms with Gasteiger partial charge in [0.05, 0.1) is 11.3 Å². The van der Waals surface area contributed by atoms with E-state index >= 15 is 0 Å². The second kappa shape index (κ2) is 7.01. The molecule has 0 amide bonds. The van der Waals surface area contributed by atoms with Crippen LogP contribution in [0.1, 0.15) is 25.3 Å². The molecule has 0 saturated carbocycles. The zero-order valence-corrected chi connectivity index (χ0v) is 13.4. The quantitative estimate of drug-likeness (QED) is 0.796. The highest BCUT2D eigenvalue weighted by atomic mass is 32.2. The van der Waals surface area contributed by atoms with E-state index in [0.717, 1.165) is 28.4 Å². The lowest BCUT2D eigenvalue weighted by molar-refractivity contribution is 0.248. The monoisotopic (exact) mass is 289 g/mol. The van der Waals surface area contributed by atoms with Gasteiger partial charge in [-0.1, -0.05) is 13.0 Å². The zero-order chi connectivity index (χ0) is 14.5. The number of benzene rings is 1. The van der Waals surface area contributed by atoms with Crippen molar-refractivity contribution >= 4 is 17.4 Å². The lowest BCUT2D eigenvalue weighted by atomic mass is 10.0.